The summed E-state index contributed by atoms with van der Waals surface area (Å²) in [6, 6.07) is 2.36. The molecule has 0 amide bonds. The molecule has 0 fully saturated rings. The van der Waals surface area contributed by atoms with Gasteiger partial charge < -0.3 is 15.4 Å². The van der Waals surface area contributed by atoms with Crippen molar-refractivity contribution in [3.63, 3.8) is 0 Å². The van der Waals surface area contributed by atoms with Gasteiger partial charge in [-0.2, -0.15) is 10.2 Å². The lowest BCUT2D eigenvalue weighted by molar-refractivity contribution is 0.283. The zero-order valence-corrected chi connectivity index (χ0v) is 15.3. The molecule has 2 bridgehead atoms. The number of ether oxygens (including phenoxy) is 1. The molecule has 0 saturated heterocycles. The molecule has 25 heavy (non-hydrogen) atoms. The zero-order valence-electron chi connectivity index (χ0n) is 14.6. The molecule has 9 heteroatoms. The van der Waals surface area contributed by atoms with Crippen LogP contribution in [0.3, 0.4) is 0 Å². The van der Waals surface area contributed by atoms with Gasteiger partial charge >= 0.3 is 0 Å². The topological polar surface area (TPSA) is 101 Å². The van der Waals surface area contributed by atoms with E-state index in [1.54, 1.807) is 24.7 Å². The molecule has 1 aliphatic heterocycles. The molecule has 0 radical (unpaired) electrons. The maximum atomic E-state index is 9.43. The Balaban J connectivity index is 2.09. The first-order valence-corrected chi connectivity index (χ1v) is 8.40. The Hall–Kier alpha value is -2.53. The standard InChI is InChI=1S/C16H20ClN7O/c1-9-5-6-25-14-12(10(2)24(23-14)16(3,4)8-18)21-15-19-7-11(17)13(20-9)22-15/h7,9H,5-6H2,1-4H3,(H2,19,20,21,22). The third-order valence-electron chi connectivity index (χ3n) is 4.04. The predicted molar refractivity (Wildman–Crippen MR) is 95.4 cm³/mol. The molecule has 3 heterocycles. The summed E-state index contributed by atoms with van der Waals surface area (Å²) >= 11 is 6.17. The van der Waals surface area contributed by atoms with Crippen molar-refractivity contribution in [3.8, 4) is 11.9 Å². The van der Waals surface area contributed by atoms with Crippen LogP contribution in [-0.4, -0.2) is 32.4 Å². The average Bonchev–Trinajstić information content (AvgIpc) is 2.86. The summed E-state index contributed by atoms with van der Waals surface area (Å²) in [5, 5.41) is 20.8. The molecule has 1 unspecified atom stereocenters. The summed E-state index contributed by atoms with van der Waals surface area (Å²) in [7, 11) is 0. The smallest absolute Gasteiger partial charge is 0.257 e. The fraction of sp³-hybridized carbons (Fsp3) is 0.500. The molecule has 8 nitrogen and oxygen atoms in total. The number of hydrogen-bond donors (Lipinski definition) is 2. The van der Waals surface area contributed by atoms with E-state index in [1.807, 2.05) is 13.8 Å². The van der Waals surface area contributed by atoms with Gasteiger partial charge in [0.2, 0.25) is 5.95 Å². The molecule has 132 valence electrons. The second kappa shape index (κ2) is 6.41. The maximum absolute atomic E-state index is 9.43. The number of nitriles is 1. The van der Waals surface area contributed by atoms with Gasteiger partial charge in [0.25, 0.3) is 5.88 Å². The van der Waals surface area contributed by atoms with Crippen LogP contribution in [0.1, 0.15) is 32.9 Å². The Morgan fingerprint density at radius 3 is 2.96 bits per heavy atom. The highest BCUT2D eigenvalue weighted by molar-refractivity contribution is 6.32. The van der Waals surface area contributed by atoms with Crippen molar-refractivity contribution in [3.05, 3.63) is 16.9 Å². The molecule has 1 atom stereocenters. The van der Waals surface area contributed by atoms with E-state index < -0.39 is 5.54 Å². The second-order valence-electron chi connectivity index (χ2n) is 6.55. The van der Waals surface area contributed by atoms with Gasteiger partial charge in [0.05, 0.1) is 24.6 Å². The van der Waals surface area contributed by atoms with Gasteiger partial charge in [-0.3, -0.25) is 0 Å². The summed E-state index contributed by atoms with van der Waals surface area (Å²) < 4.78 is 7.51. The van der Waals surface area contributed by atoms with E-state index in [-0.39, 0.29) is 6.04 Å². The zero-order chi connectivity index (χ0) is 18.2. The minimum atomic E-state index is -0.806. The first-order valence-electron chi connectivity index (χ1n) is 8.02. The van der Waals surface area contributed by atoms with E-state index >= 15 is 0 Å². The normalized spacial score (nSPS) is 17.2. The summed E-state index contributed by atoms with van der Waals surface area (Å²) in [5.74, 6) is 1.37. The molecule has 0 spiro atoms. The number of aromatic nitrogens is 4. The van der Waals surface area contributed by atoms with E-state index in [0.29, 0.717) is 35.0 Å². The number of halogens is 1. The Kier molecular flexibility index (Phi) is 4.43. The van der Waals surface area contributed by atoms with Crippen LogP contribution < -0.4 is 15.4 Å². The summed E-state index contributed by atoms with van der Waals surface area (Å²) in [4.78, 5) is 8.65. The number of nitrogens with zero attached hydrogens (tertiary/aromatic N) is 5. The van der Waals surface area contributed by atoms with Gasteiger partial charge in [0, 0.05) is 12.5 Å². The largest absolute Gasteiger partial charge is 0.475 e. The summed E-state index contributed by atoms with van der Waals surface area (Å²) in [5.41, 5.74) is 0.605. The minimum Gasteiger partial charge on any atom is -0.475 e. The quantitative estimate of drug-likeness (QED) is 0.804. The van der Waals surface area contributed by atoms with E-state index in [0.717, 1.165) is 12.1 Å². The average molecular weight is 362 g/mol. The second-order valence-corrected chi connectivity index (χ2v) is 6.95. The van der Waals surface area contributed by atoms with Crippen molar-refractivity contribution < 1.29 is 4.74 Å². The number of fused-ring (bicyclic) bond motifs is 3. The molecule has 0 saturated carbocycles. The van der Waals surface area contributed by atoms with Crippen molar-refractivity contribution in [1.29, 1.82) is 5.26 Å². The molecular formula is C16H20ClN7O. The SMILES string of the molecule is Cc1c2c(nn1C(C)(C)C#N)OCCC(C)Nc1nc(ncc1Cl)N2. The monoisotopic (exact) mass is 361 g/mol. The van der Waals surface area contributed by atoms with E-state index in [2.05, 4.69) is 31.8 Å². The van der Waals surface area contributed by atoms with Crippen LogP contribution >= 0.6 is 11.6 Å². The van der Waals surface area contributed by atoms with Gasteiger partial charge in [-0.1, -0.05) is 11.6 Å². The summed E-state index contributed by atoms with van der Waals surface area (Å²) in [6.07, 6.45) is 2.28. The number of hydrogen-bond acceptors (Lipinski definition) is 7. The van der Waals surface area contributed by atoms with Crippen LogP contribution in [0.4, 0.5) is 17.5 Å². The van der Waals surface area contributed by atoms with Crippen molar-refractivity contribution in [2.45, 2.75) is 45.7 Å². The molecule has 3 rings (SSSR count). The van der Waals surface area contributed by atoms with Gasteiger partial charge in [0.1, 0.15) is 16.2 Å². The Bertz CT molecular complexity index is 840. The van der Waals surface area contributed by atoms with Crippen LogP contribution in [0.25, 0.3) is 0 Å². The van der Waals surface area contributed by atoms with Crippen molar-refractivity contribution in [2.24, 2.45) is 0 Å². The van der Waals surface area contributed by atoms with Crippen molar-refractivity contribution in [1.82, 2.24) is 19.7 Å². The van der Waals surface area contributed by atoms with E-state index in [4.69, 9.17) is 16.3 Å². The van der Waals surface area contributed by atoms with E-state index in [1.165, 1.54) is 0 Å². The molecule has 0 aromatic carbocycles. The van der Waals surface area contributed by atoms with Crippen LogP contribution in [-0.2, 0) is 5.54 Å². The number of rotatable bonds is 1. The third kappa shape index (κ3) is 3.33. The fourth-order valence-corrected chi connectivity index (χ4v) is 2.74. The molecule has 2 aromatic rings. The number of anilines is 3. The van der Waals surface area contributed by atoms with Crippen LogP contribution in [0, 0.1) is 18.3 Å². The Morgan fingerprint density at radius 2 is 2.24 bits per heavy atom. The molecular weight excluding hydrogens is 342 g/mol. The van der Waals surface area contributed by atoms with Gasteiger partial charge in [-0.25, -0.2) is 9.67 Å². The Labute approximate surface area is 151 Å². The highest BCUT2D eigenvalue weighted by Gasteiger charge is 2.28. The molecule has 2 N–H and O–H groups in total. The first kappa shape index (κ1) is 17.3. The first-order chi connectivity index (χ1) is 11.8. The fourth-order valence-electron chi connectivity index (χ4n) is 2.59. The highest BCUT2D eigenvalue weighted by Crippen LogP contribution is 2.34. The predicted octanol–water partition coefficient (Wildman–Crippen LogP) is 3.22. The van der Waals surface area contributed by atoms with Crippen LogP contribution in [0.2, 0.25) is 5.02 Å². The van der Waals surface area contributed by atoms with Crippen molar-refractivity contribution in [2.75, 3.05) is 17.2 Å². The lowest BCUT2D eigenvalue weighted by atomic mass is 10.1. The number of nitrogens with one attached hydrogen (secondary N) is 2. The highest BCUT2D eigenvalue weighted by atomic mass is 35.5. The van der Waals surface area contributed by atoms with E-state index in [9.17, 15) is 5.26 Å². The molecule has 0 aliphatic carbocycles. The maximum Gasteiger partial charge on any atom is 0.257 e. The van der Waals surface area contributed by atoms with Crippen molar-refractivity contribution >= 4 is 29.1 Å². The van der Waals surface area contributed by atoms with Crippen LogP contribution in [0.15, 0.2) is 6.20 Å². The minimum absolute atomic E-state index is 0.112. The third-order valence-corrected chi connectivity index (χ3v) is 4.32. The Morgan fingerprint density at radius 1 is 1.48 bits per heavy atom. The molecule has 1 aliphatic rings. The summed E-state index contributed by atoms with van der Waals surface area (Å²) in [6.45, 7) is 7.96. The van der Waals surface area contributed by atoms with Gasteiger partial charge in [-0.05, 0) is 27.7 Å². The van der Waals surface area contributed by atoms with Gasteiger partial charge in [-0.15, -0.1) is 5.10 Å². The van der Waals surface area contributed by atoms with Crippen LogP contribution in [0.5, 0.6) is 5.88 Å². The molecule has 2 aromatic heterocycles. The van der Waals surface area contributed by atoms with Gasteiger partial charge in [0.15, 0.2) is 5.82 Å². The lowest BCUT2D eigenvalue weighted by Gasteiger charge is -2.18. The lowest BCUT2D eigenvalue weighted by Crippen LogP contribution is -2.26.